The van der Waals surface area contributed by atoms with Crippen molar-refractivity contribution in [3.63, 3.8) is 0 Å². The second kappa shape index (κ2) is 8.74. The third-order valence-electron chi connectivity index (χ3n) is 3.66. The van der Waals surface area contributed by atoms with Crippen molar-refractivity contribution < 1.29 is 13.5 Å². The highest BCUT2D eigenvalue weighted by Crippen LogP contribution is 2.18. The molecule has 130 valence electrons. The molecule has 2 rings (SSSR count). The van der Waals surface area contributed by atoms with E-state index in [1.165, 1.54) is 0 Å². The Balaban J connectivity index is 0.00000264. The number of halogens is 3. The molecule has 0 aromatic heterocycles. The normalized spacial score (nSPS) is 18.3. The summed E-state index contributed by atoms with van der Waals surface area (Å²) in [6, 6.07) is 3.14. The molecule has 1 aromatic carbocycles. The number of guanidine groups is 1. The highest BCUT2D eigenvalue weighted by atomic mass is 127. The van der Waals surface area contributed by atoms with E-state index in [4.69, 9.17) is 10.5 Å². The summed E-state index contributed by atoms with van der Waals surface area (Å²) in [5, 5.41) is 2.58. The van der Waals surface area contributed by atoms with Gasteiger partial charge in [0.15, 0.2) is 5.96 Å². The van der Waals surface area contributed by atoms with Crippen LogP contribution in [0.3, 0.4) is 0 Å². The van der Waals surface area contributed by atoms with Gasteiger partial charge in [0, 0.05) is 24.7 Å². The van der Waals surface area contributed by atoms with Gasteiger partial charge >= 0.3 is 0 Å². The Kier molecular flexibility index (Phi) is 7.62. The minimum Gasteiger partial charge on any atom is -0.378 e. The van der Waals surface area contributed by atoms with Crippen LogP contribution < -0.4 is 11.1 Å². The van der Waals surface area contributed by atoms with E-state index in [-0.39, 0.29) is 41.2 Å². The molecule has 1 saturated heterocycles. The summed E-state index contributed by atoms with van der Waals surface area (Å²) in [7, 11) is 0. The van der Waals surface area contributed by atoms with Crippen LogP contribution in [0.2, 0.25) is 0 Å². The molecule has 0 spiro atoms. The number of hydrogen-bond donors (Lipinski definition) is 2. The fourth-order valence-electron chi connectivity index (χ4n) is 2.37. The third-order valence-corrected chi connectivity index (χ3v) is 3.66. The minimum absolute atomic E-state index is 0. The SMILES string of the molecule is CC1(C)COCCN1CCN=C(N)Nc1cc(F)ccc1F.I. The first-order valence-corrected chi connectivity index (χ1v) is 7.23. The second-order valence-corrected chi connectivity index (χ2v) is 5.87. The van der Waals surface area contributed by atoms with Crippen molar-refractivity contribution in [3.05, 3.63) is 29.8 Å². The average molecular weight is 440 g/mol. The number of benzene rings is 1. The van der Waals surface area contributed by atoms with E-state index in [1.807, 2.05) is 0 Å². The van der Waals surface area contributed by atoms with Crippen LogP contribution in [0.15, 0.2) is 23.2 Å². The lowest BCUT2D eigenvalue weighted by atomic mass is 10.0. The Hall–Kier alpha value is -1.00. The summed E-state index contributed by atoms with van der Waals surface area (Å²) in [5.41, 5.74) is 5.66. The number of anilines is 1. The van der Waals surface area contributed by atoms with Gasteiger partial charge in [-0.2, -0.15) is 0 Å². The van der Waals surface area contributed by atoms with Crippen molar-refractivity contribution in [1.82, 2.24) is 4.90 Å². The lowest BCUT2D eigenvalue weighted by Crippen LogP contribution is -2.53. The summed E-state index contributed by atoms with van der Waals surface area (Å²) in [6.07, 6.45) is 0. The quantitative estimate of drug-likeness (QED) is 0.429. The summed E-state index contributed by atoms with van der Waals surface area (Å²) in [6.45, 7) is 7.64. The molecule has 1 aliphatic heterocycles. The molecule has 1 aliphatic rings. The molecule has 0 radical (unpaired) electrons. The fraction of sp³-hybridized carbons (Fsp3) is 0.533. The molecule has 1 aromatic rings. The fourth-order valence-corrected chi connectivity index (χ4v) is 2.37. The number of hydrogen-bond acceptors (Lipinski definition) is 3. The van der Waals surface area contributed by atoms with Gasteiger partial charge in [0.2, 0.25) is 0 Å². The number of nitrogens with zero attached hydrogens (tertiary/aromatic N) is 2. The van der Waals surface area contributed by atoms with Gasteiger partial charge in [-0.05, 0) is 26.0 Å². The molecule has 5 nitrogen and oxygen atoms in total. The number of ether oxygens (including phenoxy) is 1. The van der Waals surface area contributed by atoms with E-state index < -0.39 is 11.6 Å². The molecule has 0 unspecified atom stereocenters. The van der Waals surface area contributed by atoms with Crippen LogP contribution in [0, 0.1) is 11.6 Å². The van der Waals surface area contributed by atoms with Crippen LogP contribution in [-0.4, -0.2) is 49.2 Å². The zero-order valence-corrected chi connectivity index (χ0v) is 15.6. The van der Waals surface area contributed by atoms with Crippen LogP contribution >= 0.6 is 24.0 Å². The lowest BCUT2D eigenvalue weighted by Gasteiger charge is -2.41. The molecule has 1 heterocycles. The summed E-state index contributed by atoms with van der Waals surface area (Å²) in [5.74, 6) is -1.05. The van der Waals surface area contributed by atoms with E-state index in [0.717, 1.165) is 31.3 Å². The summed E-state index contributed by atoms with van der Waals surface area (Å²) in [4.78, 5) is 6.44. The molecule has 0 bridgehead atoms. The Labute approximate surface area is 152 Å². The topological polar surface area (TPSA) is 62.9 Å². The van der Waals surface area contributed by atoms with Crippen LogP contribution in [0.25, 0.3) is 0 Å². The molecule has 0 saturated carbocycles. The van der Waals surface area contributed by atoms with Crippen LogP contribution in [0.4, 0.5) is 14.5 Å². The summed E-state index contributed by atoms with van der Waals surface area (Å²) < 4.78 is 32.0. The van der Waals surface area contributed by atoms with Gasteiger partial charge in [-0.3, -0.25) is 9.89 Å². The molecule has 0 atom stereocenters. The Bertz CT molecular complexity index is 554. The lowest BCUT2D eigenvalue weighted by molar-refractivity contribution is -0.0491. The van der Waals surface area contributed by atoms with Crippen LogP contribution in [-0.2, 0) is 4.74 Å². The molecule has 8 heteroatoms. The highest BCUT2D eigenvalue weighted by Gasteiger charge is 2.29. The average Bonchev–Trinajstić information content (AvgIpc) is 2.44. The van der Waals surface area contributed by atoms with Crippen LogP contribution in [0.1, 0.15) is 13.8 Å². The number of rotatable bonds is 4. The van der Waals surface area contributed by atoms with Crippen molar-refractivity contribution in [2.75, 3.05) is 38.2 Å². The van der Waals surface area contributed by atoms with Crippen LogP contribution in [0.5, 0.6) is 0 Å². The first-order chi connectivity index (χ1) is 10.4. The number of nitrogens with two attached hydrogens (primary N) is 1. The van der Waals surface area contributed by atoms with E-state index in [9.17, 15) is 8.78 Å². The Morgan fingerprint density at radius 2 is 2.17 bits per heavy atom. The number of aliphatic imine (C=N–C) groups is 1. The standard InChI is InChI=1S/C15H22F2N4O.HI/c1-15(2)10-22-8-7-21(15)6-5-19-14(18)20-13-9-11(16)3-4-12(13)17;/h3-4,9H,5-8,10H2,1-2H3,(H3,18,19,20);1H. The maximum Gasteiger partial charge on any atom is 0.193 e. The minimum atomic E-state index is -0.575. The Morgan fingerprint density at radius 3 is 2.87 bits per heavy atom. The van der Waals surface area contributed by atoms with E-state index in [1.54, 1.807) is 0 Å². The monoisotopic (exact) mass is 440 g/mol. The second-order valence-electron chi connectivity index (χ2n) is 5.87. The van der Waals surface area contributed by atoms with Crippen molar-refractivity contribution in [2.45, 2.75) is 19.4 Å². The van der Waals surface area contributed by atoms with E-state index in [0.29, 0.717) is 19.8 Å². The van der Waals surface area contributed by atoms with Gasteiger partial charge in [0.05, 0.1) is 25.4 Å². The largest absolute Gasteiger partial charge is 0.378 e. The zero-order chi connectivity index (χ0) is 16.2. The molecule has 23 heavy (non-hydrogen) atoms. The van der Waals surface area contributed by atoms with E-state index >= 15 is 0 Å². The number of morpholine rings is 1. The van der Waals surface area contributed by atoms with Crippen molar-refractivity contribution in [3.8, 4) is 0 Å². The maximum atomic E-state index is 13.5. The van der Waals surface area contributed by atoms with Gasteiger partial charge in [0.1, 0.15) is 11.6 Å². The summed E-state index contributed by atoms with van der Waals surface area (Å²) >= 11 is 0. The molecule has 0 amide bonds. The predicted molar refractivity (Wildman–Crippen MR) is 98.4 cm³/mol. The van der Waals surface area contributed by atoms with E-state index in [2.05, 4.69) is 29.1 Å². The molecular weight excluding hydrogens is 417 g/mol. The van der Waals surface area contributed by atoms with Gasteiger partial charge in [0.25, 0.3) is 0 Å². The number of nitrogens with one attached hydrogen (secondary N) is 1. The first kappa shape index (κ1) is 20.0. The molecule has 0 aliphatic carbocycles. The Morgan fingerprint density at radius 1 is 1.43 bits per heavy atom. The van der Waals surface area contributed by atoms with Crippen molar-refractivity contribution in [1.29, 1.82) is 0 Å². The zero-order valence-electron chi connectivity index (χ0n) is 13.3. The van der Waals surface area contributed by atoms with Crippen molar-refractivity contribution in [2.24, 2.45) is 10.7 Å². The van der Waals surface area contributed by atoms with Gasteiger partial charge in [-0.15, -0.1) is 24.0 Å². The maximum absolute atomic E-state index is 13.5. The smallest absolute Gasteiger partial charge is 0.193 e. The van der Waals surface area contributed by atoms with Crippen molar-refractivity contribution >= 4 is 35.6 Å². The highest BCUT2D eigenvalue weighted by molar-refractivity contribution is 14.0. The molecule has 3 N–H and O–H groups in total. The molecule has 1 fully saturated rings. The first-order valence-electron chi connectivity index (χ1n) is 7.23. The van der Waals surface area contributed by atoms with Gasteiger partial charge in [-0.1, -0.05) is 0 Å². The third kappa shape index (κ3) is 5.85. The molecular formula is C15H23F2IN4O. The van der Waals surface area contributed by atoms with Gasteiger partial charge < -0.3 is 15.8 Å². The van der Waals surface area contributed by atoms with Gasteiger partial charge in [-0.25, -0.2) is 8.78 Å². The predicted octanol–water partition coefficient (Wildman–Crippen LogP) is 2.42.